The zero-order chi connectivity index (χ0) is 16.4. The summed E-state index contributed by atoms with van der Waals surface area (Å²) >= 11 is 0. The molecule has 0 saturated carbocycles. The number of carboxylic acids is 1. The Morgan fingerprint density at radius 2 is 1.71 bits per heavy atom. The molecule has 0 radical (unpaired) electrons. The van der Waals surface area contributed by atoms with E-state index in [9.17, 15) is 14.4 Å². The fraction of sp³-hybridized carbons (Fsp3) is 0.786. The lowest BCUT2D eigenvalue weighted by Crippen LogP contribution is -2.49. The van der Waals surface area contributed by atoms with Gasteiger partial charge in [-0.15, -0.1) is 0 Å². The molecule has 0 aromatic heterocycles. The van der Waals surface area contributed by atoms with Crippen molar-refractivity contribution in [3.05, 3.63) is 0 Å². The first-order valence-electron chi connectivity index (χ1n) is 7.21. The van der Waals surface area contributed by atoms with Crippen LogP contribution in [0.25, 0.3) is 0 Å². The second-order valence-electron chi connectivity index (χ2n) is 5.26. The van der Waals surface area contributed by atoms with Gasteiger partial charge >= 0.3 is 12.0 Å². The summed E-state index contributed by atoms with van der Waals surface area (Å²) in [5, 5.41) is 10.6. The summed E-state index contributed by atoms with van der Waals surface area (Å²) in [6.07, 6.45) is 1.61. The number of amides is 3. The summed E-state index contributed by atoms with van der Waals surface area (Å²) in [5.41, 5.74) is 0. The van der Waals surface area contributed by atoms with Crippen LogP contribution >= 0.6 is 0 Å². The van der Waals surface area contributed by atoms with Crippen molar-refractivity contribution in [2.45, 2.75) is 46.6 Å². The average molecular weight is 302 g/mol. The van der Waals surface area contributed by atoms with Crippen LogP contribution in [0.1, 0.15) is 40.5 Å². The highest BCUT2D eigenvalue weighted by Gasteiger charge is 2.23. The fourth-order valence-electron chi connectivity index (χ4n) is 1.98. The summed E-state index contributed by atoms with van der Waals surface area (Å²) in [6, 6.07) is -0.388. The highest BCUT2D eigenvalue weighted by molar-refractivity contribution is 5.95. The van der Waals surface area contributed by atoms with Crippen LogP contribution in [0.2, 0.25) is 0 Å². The SMILES string of the molecule is CCC(CC)N(CC(C)C)C(=O)NC(=O)COCC(=O)O. The summed E-state index contributed by atoms with van der Waals surface area (Å²) in [7, 11) is 0. The molecular weight excluding hydrogens is 276 g/mol. The van der Waals surface area contributed by atoms with Crippen LogP contribution in [0.5, 0.6) is 0 Å². The van der Waals surface area contributed by atoms with Crippen molar-refractivity contribution in [2.75, 3.05) is 19.8 Å². The van der Waals surface area contributed by atoms with E-state index in [1.54, 1.807) is 4.90 Å². The minimum Gasteiger partial charge on any atom is -0.480 e. The molecule has 0 heterocycles. The van der Waals surface area contributed by atoms with E-state index >= 15 is 0 Å². The number of imide groups is 1. The smallest absolute Gasteiger partial charge is 0.329 e. The first kappa shape index (κ1) is 19.4. The maximum Gasteiger partial charge on any atom is 0.329 e. The molecule has 3 amide bonds. The van der Waals surface area contributed by atoms with Gasteiger partial charge in [-0.3, -0.25) is 10.1 Å². The van der Waals surface area contributed by atoms with Crippen molar-refractivity contribution in [1.82, 2.24) is 10.2 Å². The number of rotatable bonds is 9. The number of nitrogens with one attached hydrogen (secondary N) is 1. The molecule has 0 atom stereocenters. The number of aliphatic carboxylic acids is 1. The molecule has 0 aromatic carbocycles. The molecule has 0 aliphatic rings. The quantitative estimate of drug-likeness (QED) is 0.672. The molecule has 7 heteroatoms. The minimum atomic E-state index is -1.16. The highest BCUT2D eigenvalue weighted by Crippen LogP contribution is 2.11. The Hall–Kier alpha value is -1.63. The zero-order valence-electron chi connectivity index (χ0n) is 13.2. The standard InChI is InChI=1S/C14H26N2O5/c1-5-11(6-2)16(7-10(3)4)14(20)15-12(17)8-21-9-13(18)19/h10-11H,5-9H2,1-4H3,(H,18,19)(H,15,17,20). The first-order chi connectivity index (χ1) is 9.81. The van der Waals surface area contributed by atoms with Gasteiger partial charge < -0.3 is 14.7 Å². The van der Waals surface area contributed by atoms with Crippen LogP contribution in [-0.4, -0.2) is 53.7 Å². The van der Waals surface area contributed by atoms with Gasteiger partial charge in [0.1, 0.15) is 13.2 Å². The molecule has 0 fully saturated rings. The predicted molar refractivity (Wildman–Crippen MR) is 77.9 cm³/mol. The third-order valence-electron chi connectivity index (χ3n) is 2.91. The summed E-state index contributed by atoms with van der Waals surface area (Å²) in [4.78, 5) is 35.6. The molecule has 0 rings (SSSR count). The van der Waals surface area contributed by atoms with E-state index in [2.05, 4.69) is 10.1 Å². The monoisotopic (exact) mass is 302 g/mol. The number of nitrogens with zero attached hydrogens (tertiary/aromatic N) is 1. The van der Waals surface area contributed by atoms with Crippen molar-refractivity contribution in [1.29, 1.82) is 0 Å². The van der Waals surface area contributed by atoms with E-state index in [4.69, 9.17) is 5.11 Å². The van der Waals surface area contributed by atoms with E-state index in [0.29, 0.717) is 6.54 Å². The minimum absolute atomic E-state index is 0.0696. The Balaban J connectivity index is 4.51. The lowest BCUT2D eigenvalue weighted by molar-refractivity contribution is -0.143. The number of urea groups is 1. The van der Waals surface area contributed by atoms with Gasteiger partial charge in [0, 0.05) is 12.6 Å². The summed E-state index contributed by atoms with van der Waals surface area (Å²) in [5.74, 6) is -1.51. The van der Waals surface area contributed by atoms with Gasteiger partial charge in [-0.2, -0.15) is 0 Å². The van der Waals surface area contributed by atoms with Crippen LogP contribution in [0.15, 0.2) is 0 Å². The van der Waals surface area contributed by atoms with Gasteiger partial charge in [0.2, 0.25) is 0 Å². The molecule has 0 aliphatic heterocycles. The van der Waals surface area contributed by atoms with Gasteiger partial charge in [0.25, 0.3) is 5.91 Å². The normalized spacial score (nSPS) is 10.8. The van der Waals surface area contributed by atoms with E-state index < -0.39 is 31.1 Å². The second-order valence-corrected chi connectivity index (χ2v) is 5.26. The van der Waals surface area contributed by atoms with Crippen molar-refractivity contribution in [2.24, 2.45) is 5.92 Å². The highest BCUT2D eigenvalue weighted by atomic mass is 16.5. The second kappa shape index (κ2) is 10.1. The van der Waals surface area contributed by atoms with Gasteiger partial charge in [0.15, 0.2) is 0 Å². The van der Waals surface area contributed by atoms with Crippen molar-refractivity contribution < 1.29 is 24.2 Å². The lowest BCUT2D eigenvalue weighted by atomic mass is 10.1. The van der Waals surface area contributed by atoms with Gasteiger partial charge in [-0.1, -0.05) is 27.7 Å². The molecule has 21 heavy (non-hydrogen) atoms. The zero-order valence-corrected chi connectivity index (χ0v) is 13.2. The largest absolute Gasteiger partial charge is 0.480 e. The Kier molecular flexibility index (Phi) is 9.36. The molecule has 0 aliphatic carbocycles. The molecule has 122 valence electrons. The Bertz CT molecular complexity index is 353. The maximum atomic E-state index is 12.2. The van der Waals surface area contributed by atoms with E-state index in [-0.39, 0.29) is 12.0 Å². The molecule has 0 aromatic rings. The molecular formula is C14H26N2O5. The molecule has 7 nitrogen and oxygen atoms in total. The van der Waals surface area contributed by atoms with Gasteiger partial charge in [-0.25, -0.2) is 9.59 Å². The number of carbonyl (C=O) groups is 3. The lowest BCUT2D eigenvalue weighted by Gasteiger charge is -2.31. The van der Waals surface area contributed by atoms with Crippen molar-refractivity contribution in [3.63, 3.8) is 0 Å². The van der Waals surface area contributed by atoms with E-state index in [1.807, 2.05) is 27.7 Å². The fourth-order valence-corrected chi connectivity index (χ4v) is 1.98. The van der Waals surface area contributed by atoms with Crippen molar-refractivity contribution in [3.8, 4) is 0 Å². The third-order valence-corrected chi connectivity index (χ3v) is 2.91. The Morgan fingerprint density at radius 1 is 1.14 bits per heavy atom. The Morgan fingerprint density at radius 3 is 2.14 bits per heavy atom. The summed E-state index contributed by atoms with van der Waals surface area (Å²) < 4.78 is 4.65. The molecule has 0 spiro atoms. The third kappa shape index (κ3) is 8.29. The molecule has 0 unspecified atom stereocenters. The number of carbonyl (C=O) groups excluding carboxylic acids is 2. The average Bonchev–Trinajstić information content (AvgIpc) is 2.37. The van der Waals surface area contributed by atoms with E-state index in [1.165, 1.54) is 0 Å². The topological polar surface area (TPSA) is 95.9 Å². The van der Waals surface area contributed by atoms with Gasteiger partial charge in [0.05, 0.1) is 0 Å². The predicted octanol–water partition coefficient (Wildman–Crippen LogP) is 1.47. The maximum absolute atomic E-state index is 12.2. The molecule has 0 saturated heterocycles. The molecule has 2 N–H and O–H groups in total. The Labute approximate surface area is 125 Å². The summed E-state index contributed by atoms with van der Waals surface area (Å²) in [6.45, 7) is 7.53. The van der Waals surface area contributed by atoms with Crippen LogP contribution in [0.4, 0.5) is 4.79 Å². The number of ether oxygens (including phenoxy) is 1. The van der Waals surface area contributed by atoms with E-state index in [0.717, 1.165) is 12.8 Å². The van der Waals surface area contributed by atoms with Crippen molar-refractivity contribution >= 4 is 17.9 Å². The van der Waals surface area contributed by atoms with Crippen LogP contribution in [0, 0.1) is 5.92 Å². The number of carboxylic acid groups (broad SMARTS) is 1. The molecule has 0 bridgehead atoms. The number of hydrogen-bond donors (Lipinski definition) is 2. The van der Waals surface area contributed by atoms with Crippen LogP contribution < -0.4 is 5.32 Å². The number of hydrogen-bond acceptors (Lipinski definition) is 4. The van der Waals surface area contributed by atoms with Crippen LogP contribution in [-0.2, 0) is 14.3 Å². The van der Waals surface area contributed by atoms with Crippen LogP contribution in [0.3, 0.4) is 0 Å². The van der Waals surface area contributed by atoms with Gasteiger partial charge in [-0.05, 0) is 18.8 Å². The first-order valence-corrected chi connectivity index (χ1v) is 7.21.